The maximum Gasteiger partial charge on any atom is 0.0991 e. The Morgan fingerprint density at radius 2 is 1.92 bits per heavy atom. The zero-order chi connectivity index (χ0) is 17.9. The van der Waals surface area contributed by atoms with Crippen LogP contribution in [0, 0.1) is 11.3 Å². The Hall–Kier alpha value is -2.42. The Kier molecular flexibility index (Phi) is 4.87. The number of halogens is 1. The van der Waals surface area contributed by atoms with E-state index in [1.165, 1.54) is 22.4 Å². The number of benzene rings is 2. The van der Waals surface area contributed by atoms with Crippen molar-refractivity contribution >= 4 is 15.9 Å². The summed E-state index contributed by atoms with van der Waals surface area (Å²) in [6.07, 6.45) is 4.94. The first-order chi connectivity index (χ1) is 12.7. The summed E-state index contributed by atoms with van der Waals surface area (Å²) < 4.78 is 3.33. The molecule has 3 aromatic rings. The lowest BCUT2D eigenvalue weighted by molar-refractivity contribution is 0.239. The molecule has 26 heavy (non-hydrogen) atoms. The van der Waals surface area contributed by atoms with Crippen LogP contribution in [-0.2, 0) is 26.1 Å². The summed E-state index contributed by atoms with van der Waals surface area (Å²) in [5.74, 6) is 0. The minimum Gasteiger partial charge on any atom is -0.329 e. The number of hydrogen-bond donors (Lipinski definition) is 0. The topological polar surface area (TPSA) is 44.9 Å². The summed E-state index contributed by atoms with van der Waals surface area (Å²) in [7, 11) is 0. The van der Waals surface area contributed by atoms with Crippen LogP contribution < -0.4 is 0 Å². The smallest absolute Gasteiger partial charge is 0.0991 e. The van der Waals surface area contributed by atoms with Gasteiger partial charge in [-0.2, -0.15) is 5.26 Å². The Balaban J connectivity index is 1.46. The van der Waals surface area contributed by atoms with Gasteiger partial charge in [-0.1, -0.05) is 34.1 Å². The fraction of sp³-hybridized carbons (Fsp3) is 0.238. The van der Waals surface area contributed by atoms with Gasteiger partial charge in [-0.15, -0.1) is 0 Å². The molecule has 1 aliphatic heterocycles. The number of fused-ring (bicyclic) bond motifs is 1. The third-order valence-corrected chi connectivity index (χ3v) is 5.37. The van der Waals surface area contributed by atoms with Crippen molar-refractivity contribution in [3.05, 3.63) is 87.4 Å². The number of nitrogens with zero attached hydrogens (tertiary/aromatic N) is 4. The van der Waals surface area contributed by atoms with Gasteiger partial charge in [0.05, 0.1) is 23.7 Å². The lowest BCUT2D eigenvalue weighted by Gasteiger charge is -2.29. The summed E-state index contributed by atoms with van der Waals surface area (Å²) in [5.41, 5.74) is 5.95. The normalized spacial score (nSPS) is 14.0. The minimum atomic E-state index is 0.692. The van der Waals surface area contributed by atoms with Crippen LogP contribution in [0.4, 0.5) is 0 Å². The van der Waals surface area contributed by atoms with E-state index < -0.39 is 0 Å². The average Bonchev–Trinajstić information content (AvgIpc) is 3.08. The van der Waals surface area contributed by atoms with Crippen LogP contribution >= 0.6 is 15.9 Å². The van der Waals surface area contributed by atoms with Crippen LogP contribution in [0.5, 0.6) is 0 Å². The molecule has 4 rings (SSSR count). The molecule has 4 nitrogen and oxygen atoms in total. The highest BCUT2D eigenvalue weighted by Crippen LogP contribution is 2.24. The summed E-state index contributed by atoms with van der Waals surface area (Å²) >= 11 is 3.58. The first-order valence-corrected chi connectivity index (χ1v) is 9.48. The highest BCUT2D eigenvalue weighted by molar-refractivity contribution is 9.10. The molecule has 0 spiro atoms. The Bertz CT molecular complexity index is 953. The van der Waals surface area contributed by atoms with Crippen molar-refractivity contribution in [2.75, 3.05) is 6.54 Å². The quantitative estimate of drug-likeness (QED) is 0.654. The largest absolute Gasteiger partial charge is 0.329 e. The molecule has 1 aliphatic rings. The van der Waals surface area contributed by atoms with Crippen molar-refractivity contribution in [1.82, 2.24) is 14.5 Å². The average molecular weight is 407 g/mol. The number of hydrogen-bond acceptors (Lipinski definition) is 3. The number of aromatic nitrogens is 2. The van der Waals surface area contributed by atoms with Gasteiger partial charge in [-0.3, -0.25) is 4.90 Å². The number of imidazole rings is 1. The molecule has 0 saturated heterocycles. The summed E-state index contributed by atoms with van der Waals surface area (Å²) in [6, 6.07) is 16.5. The van der Waals surface area contributed by atoms with E-state index in [4.69, 9.17) is 5.26 Å². The third-order valence-electron chi connectivity index (χ3n) is 4.88. The van der Waals surface area contributed by atoms with Gasteiger partial charge in [0.25, 0.3) is 0 Å². The standard InChI is InChI=1S/C21H19BrN4/c22-20-6-5-18-7-8-25(13-19(18)9-20)14-21-11-24-15-26(21)12-17-3-1-16(10-23)2-4-17/h1-6,9,11,15H,7-8,12-14H2. The molecular weight excluding hydrogens is 388 g/mol. The van der Waals surface area contributed by atoms with E-state index in [0.29, 0.717) is 5.56 Å². The van der Waals surface area contributed by atoms with E-state index in [1.807, 2.05) is 36.8 Å². The van der Waals surface area contributed by atoms with E-state index in [-0.39, 0.29) is 0 Å². The van der Waals surface area contributed by atoms with E-state index >= 15 is 0 Å². The molecule has 1 aromatic heterocycles. The van der Waals surface area contributed by atoms with Crippen molar-refractivity contribution in [1.29, 1.82) is 5.26 Å². The predicted molar refractivity (Wildman–Crippen MR) is 104 cm³/mol. The zero-order valence-corrected chi connectivity index (χ0v) is 16.0. The van der Waals surface area contributed by atoms with Crippen molar-refractivity contribution in [3.63, 3.8) is 0 Å². The monoisotopic (exact) mass is 406 g/mol. The van der Waals surface area contributed by atoms with Gasteiger partial charge in [-0.05, 0) is 47.4 Å². The second kappa shape index (κ2) is 7.45. The second-order valence-electron chi connectivity index (χ2n) is 6.70. The molecule has 130 valence electrons. The Labute approximate surface area is 161 Å². The van der Waals surface area contributed by atoms with E-state index in [9.17, 15) is 0 Å². The summed E-state index contributed by atoms with van der Waals surface area (Å²) in [5, 5.41) is 8.92. The van der Waals surface area contributed by atoms with Gasteiger partial charge in [0.1, 0.15) is 0 Å². The lowest BCUT2D eigenvalue weighted by Crippen LogP contribution is -2.30. The molecule has 0 atom stereocenters. The molecule has 0 N–H and O–H groups in total. The molecular formula is C21H19BrN4. The first kappa shape index (κ1) is 17.0. The summed E-state index contributed by atoms with van der Waals surface area (Å²) in [6.45, 7) is 3.70. The van der Waals surface area contributed by atoms with Crippen LogP contribution in [0.15, 0.2) is 59.5 Å². The highest BCUT2D eigenvalue weighted by Gasteiger charge is 2.18. The Morgan fingerprint density at radius 3 is 2.73 bits per heavy atom. The van der Waals surface area contributed by atoms with Gasteiger partial charge >= 0.3 is 0 Å². The molecule has 0 radical (unpaired) electrons. The zero-order valence-electron chi connectivity index (χ0n) is 14.4. The first-order valence-electron chi connectivity index (χ1n) is 8.69. The lowest BCUT2D eigenvalue weighted by atomic mass is 10.00. The SMILES string of the molecule is N#Cc1ccc(Cn2cncc2CN2CCc3ccc(Br)cc3C2)cc1. The van der Waals surface area contributed by atoms with Gasteiger partial charge in [0, 0.05) is 36.8 Å². The summed E-state index contributed by atoms with van der Waals surface area (Å²) in [4.78, 5) is 6.83. The van der Waals surface area contributed by atoms with Crippen molar-refractivity contribution in [2.45, 2.75) is 26.1 Å². The molecule has 0 saturated carbocycles. The number of nitriles is 1. The minimum absolute atomic E-state index is 0.692. The fourth-order valence-electron chi connectivity index (χ4n) is 3.45. The molecule has 0 amide bonds. The van der Waals surface area contributed by atoms with Crippen molar-refractivity contribution < 1.29 is 0 Å². The molecule has 0 fully saturated rings. The molecule has 0 unspecified atom stereocenters. The van der Waals surface area contributed by atoms with Crippen LogP contribution in [0.1, 0.15) is 27.9 Å². The molecule has 0 bridgehead atoms. The highest BCUT2D eigenvalue weighted by atomic mass is 79.9. The molecule has 2 aromatic carbocycles. The molecule has 2 heterocycles. The maximum absolute atomic E-state index is 8.92. The van der Waals surface area contributed by atoms with Crippen LogP contribution in [0.25, 0.3) is 0 Å². The van der Waals surface area contributed by atoms with Crippen molar-refractivity contribution in [2.24, 2.45) is 0 Å². The molecule has 5 heteroatoms. The van der Waals surface area contributed by atoms with Crippen LogP contribution in [0.3, 0.4) is 0 Å². The van der Waals surface area contributed by atoms with Crippen LogP contribution in [0.2, 0.25) is 0 Å². The molecule has 0 aliphatic carbocycles. The maximum atomic E-state index is 8.92. The predicted octanol–water partition coefficient (Wildman–Crippen LogP) is 4.12. The Morgan fingerprint density at radius 1 is 1.08 bits per heavy atom. The van der Waals surface area contributed by atoms with Gasteiger partial charge in [0.15, 0.2) is 0 Å². The van der Waals surface area contributed by atoms with E-state index in [2.05, 4.69) is 54.6 Å². The van der Waals surface area contributed by atoms with Crippen molar-refractivity contribution in [3.8, 4) is 6.07 Å². The van der Waals surface area contributed by atoms with Gasteiger partial charge in [-0.25, -0.2) is 4.98 Å². The van der Waals surface area contributed by atoms with Gasteiger partial charge < -0.3 is 4.57 Å². The van der Waals surface area contributed by atoms with Gasteiger partial charge in [0.2, 0.25) is 0 Å². The van der Waals surface area contributed by atoms with Crippen LogP contribution in [-0.4, -0.2) is 21.0 Å². The van der Waals surface area contributed by atoms with E-state index in [0.717, 1.165) is 37.1 Å². The third kappa shape index (κ3) is 3.72. The van der Waals surface area contributed by atoms with E-state index in [1.54, 1.807) is 0 Å². The second-order valence-corrected chi connectivity index (χ2v) is 7.61. The fourth-order valence-corrected chi connectivity index (χ4v) is 3.86. The number of rotatable bonds is 4.